The highest BCUT2D eigenvalue weighted by molar-refractivity contribution is 5.84. The molecule has 0 aromatic heterocycles. The third-order valence-corrected chi connectivity index (χ3v) is 2.60. The number of nitrogens with one attached hydrogen (secondary N) is 2. The zero-order chi connectivity index (χ0) is 8.23. The maximum Gasteiger partial charge on any atom is 0.0980 e. The zero-order valence-corrected chi connectivity index (χ0v) is 7.47. The van der Waals surface area contributed by atoms with Crippen molar-refractivity contribution >= 4 is 5.84 Å². The number of aliphatic imine (C=N–C) groups is 1. The molecule has 2 heterocycles. The number of amidine groups is 1. The Morgan fingerprint density at radius 1 is 1.33 bits per heavy atom. The van der Waals surface area contributed by atoms with Crippen molar-refractivity contribution in [2.45, 2.75) is 31.7 Å². The van der Waals surface area contributed by atoms with Gasteiger partial charge in [-0.15, -0.1) is 0 Å². The second-order valence-electron chi connectivity index (χ2n) is 3.61. The minimum atomic E-state index is 0.683. The molecule has 0 saturated carbocycles. The lowest BCUT2D eigenvalue weighted by molar-refractivity contribution is 0.408. The van der Waals surface area contributed by atoms with E-state index in [1.54, 1.807) is 0 Å². The molecular weight excluding hydrogens is 150 g/mol. The molecule has 68 valence electrons. The van der Waals surface area contributed by atoms with Gasteiger partial charge in [-0.05, 0) is 19.4 Å². The molecule has 2 rings (SSSR count). The van der Waals surface area contributed by atoms with Crippen LogP contribution in [0.15, 0.2) is 4.99 Å². The normalized spacial score (nSPS) is 29.7. The van der Waals surface area contributed by atoms with Gasteiger partial charge in [0.05, 0.1) is 12.4 Å². The van der Waals surface area contributed by atoms with Crippen molar-refractivity contribution in [3.05, 3.63) is 0 Å². The van der Waals surface area contributed by atoms with E-state index in [0.29, 0.717) is 6.04 Å². The van der Waals surface area contributed by atoms with E-state index >= 15 is 0 Å². The minimum absolute atomic E-state index is 0.683. The highest BCUT2D eigenvalue weighted by Gasteiger charge is 2.16. The topological polar surface area (TPSA) is 36.4 Å². The second kappa shape index (κ2) is 3.90. The molecule has 12 heavy (non-hydrogen) atoms. The Labute approximate surface area is 73.6 Å². The average molecular weight is 167 g/mol. The van der Waals surface area contributed by atoms with E-state index < -0.39 is 0 Å². The number of rotatable bonds is 2. The van der Waals surface area contributed by atoms with Crippen LogP contribution in [-0.2, 0) is 0 Å². The van der Waals surface area contributed by atoms with Gasteiger partial charge in [-0.3, -0.25) is 4.99 Å². The third-order valence-electron chi connectivity index (χ3n) is 2.60. The van der Waals surface area contributed by atoms with Crippen molar-refractivity contribution < 1.29 is 0 Å². The van der Waals surface area contributed by atoms with Crippen LogP contribution in [0.25, 0.3) is 0 Å². The smallest absolute Gasteiger partial charge is 0.0980 e. The average Bonchev–Trinajstić information content (AvgIpc) is 2.59. The van der Waals surface area contributed by atoms with Crippen molar-refractivity contribution in [2.75, 3.05) is 19.6 Å². The van der Waals surface area contributed by atoms with Crippen molar-refractivity contribution in [1.29, 1.82) is 0 Å². The van der Waals surface area contributed by atoms with Gasteiger partial charge >= 0.3 is 0 Å². The molecule has 1 unspecified atom stereocenters. The first-order valence-corrected chi connectivity index (χ1v) is 4.96. The monoisotopic (exact) mass is 167 g/mol. The van der Waals surface area contributed by atoms with Crippen LogP contribution in [0.4, 0.5) is 0 Å². The van der Waals surface area contributed by atoms with Gasteiger partial charge in [0.15, 0.2) is 0 Å². The summed E-state index contributed by atoms with van der Waals surface area (Å²) in [6, 6.07) is 0.683. The Kier molecular flexibility index (Phi) is 2.61. The van der Waals surface area contributed by atoms with Crippen LogP contribution in [-0.4, -0.2) is 31.5 Å². The number of piperidine rings is 1. The van der Waals surface area contributed by atoms with E-state index in [1.807, 2.05) is 0 Å². The summed E-state index contributed by atoms with van der Waals surface area (Å²) in [6.45, 7) is 3.21. The molecule has 1 atom stereocenters. The standard InChI is InChI=1S/C9H17N3/c1-2-4-10-8(3-1)7-9-11-5-6-12-9/h8,10H,1-7H2,(H,11,12). The van der Waals surface area contributed by atoms with E-state index in [0.717, 1.165) is 19.5 Å². The Morgan fingerprint density at radius 3 is 3.00 bits per heavy atom. The van der Waals surface area contributed by atoms with E-state index in [-0.39, 0.29) is 0 Å². The van der Waals surface area contributed by atoms with E-state index in [1.165, 1.54) is 31.6 Å². The second-order valence-corrected chi connectivity index (χ2v) is 3.61. The summed E-state index contributed by atoms with van der Waals surface area (Å²) < 4.78 is 0. The highest BCUT2D eigenvalue weighted by atomic mass is 15.1. The molecule has 1 fully saturated rings. The predicted octanol–water partition coefficient (Wildman–Crippen LogP) is 0.520. The molecule has 3 nitrogen and oxygen atoms in total. The van der Waals surface area contributed by atoms with Crippen LogP contribution in [0, 0.1) is 0 Å². The molecule has 2 aliphatic heterocycles. The van der Waals surface area contributed by atoms with Crippen LogP contribution in [0.5, 0.6) is 0 Å². The Balaban J connectivity index is 1.77. The summed E-state index contributed by atoms with van der Waals surface area (Å²) in [5, 5.41) is 6.84. The van der Waals surface area contributed by atoms with Crippen molar-refractivity contribution in [3.8, 4) is 0 Å². The summed E-state index contributed by atoms with van der Waals surface area (Å²) in [6.07, 6.45) is 5.15. The zero-order valence-electron chi connectivity index (χ0n) is 7.47. The van der Waals surface area contributed by atoms with Gasteiger partial charge in [0.25, 0.3) is 0 Å². The van der Waals surface area contributed by atoms with Gasteiger partial charge in [-0.1, -0.05) is 6.42 Å². The summed E-state index contributed by atoms with van der Waals surface area (Å²) >= 11 is 0. The van der Waals surface area contributed by atoms with Crippen molar-refractivity contribution in [3.63, 3.8) is 0 Å². The third kappa shape index (κ3) is 1.97. The first-order valence-electron chi connectivity index (χ1n) is 4.96. The first-order chi connectivity index (χ1) is 5.95. The predicted molar refractivity (Wildman–Crippen MR) is 50.6 cm³/mol. The Morgan fingerprint density at radius 2 is 2.33 bits per heavy atom. The molecule has 0 aliphatic carbocycles. The molecule has 1 saturated heterocycles. The molecule has 0 radical (unpaired) electrons. The van der Waals surface area contributed by atoms with Crippen LogP contribution in [0.2, 0.25) is 0 Å². The van der Waals surface area contributed by atoms with E-state index in [4.69, 9.17) is 0 Å². The molecule has 0 aromatic rings. The summed E-state index contributed by atoms with van der Waals surface area (Å²) in [4.78, 5) is 4.40. The lowest BCUT2D eigenvalue weighted by Gasteiger charge is -2.23. The number of hydrogen-bond donors (Lipinski definition) is 2. The fourth-order valence-electron chi connectivity index (χ4n) is 1.92. The van der Waals surface area contributed by atoms with E-state index in [2.05, 4.69) is 15.6 Å². The van der Waals surface area contributed by atoms with Crippen LogP contribution < -0.4 is 10.6 Å². The van der Waals surface area contributed by atoms with Crippen LogP contribution in [0.3, 0.4) is 0 Å². The largest absolute Gasteiger partial charge is 0.372 e. The maximum absolute atomic E-state index is 4.40. The van der Waals surface area contributed by atoms with E-state index in [9.17, 15) is 0 Å². The molecule has 0 bridgehead atoms. The summed E-state index contributed by atoms with van der Waals surface area (Å²) in [5.41, 5.74) is 0. The minimum Gasteiger partial charge on any atom is -0.372 e. The molecular formula is C9H17N3. The molecule has 0 amide bonds. The van der Waals surface area contributed by atoms with Gasteiger partial charge in [0.1, 0.15) is 0 Å². The summed E-state index contributed by atoms with van der Waals surface area (Å²) in [7, 11) is 0. The van der Waals surface area contributed by atoms with Gasteiger partial charge in [0, 0.05) is 19.0 Å². The molecule has 2 aliphatic rings. The van der Waals surface area contributed by atoms with Gasteiger partial charge in [0.2, 0.25) is 0 Å². The number of hydrogen-bond acceptors (Lipinski definition) is 3. The van der Waals surface area contributed by atoms with Gasteiger partial charge < -0.3 is 10.6 Å². The fourth-order valence-corrected chi connectivity index (χ4v) is 1.92. The Bertz CT molecular complexity index is 171. The van der Waals surface area contributed by atoms with Crippen molar-refractivity contribution in [1.82, 2.24) is 10.6 Å². The van der Waals surface area contributed by atoms with Crippen LogP contribution in [0.1, 0.15) is 25.7 Å². The Hall–Kier alpha value is -0.570. The number of nitrogens with zero attached hydrogens (tertiary/aromatic N) is 1. The summed E-state index contributed by atoms with van der Waals surface area (Å²) in [5.74, 6) is 1.22. The molecule has 3 heteroatoms. The SMILES string of the molecule is C1CCC(CC2=NCCN2)NC1. The maximum atomic E-state index is 4.40. The molecule has 2 N–H and O–H groups in total. The molecule has 0 spiro atoms. The van der Waals surface area contributed by atoms with Crippen LogP contribution >= 0.6 is 0 Å². The molecule has 0 aromatic carbocycles. The quantitative estimate of drug-likeness (QED) is 0.629. The lowest BCUT2D eigenvalue weighted by Crippen LogP contribution is -2.37. The highest BCUT2D eigenvalue weighted by Crippen LogP contribution is 2.10. The van der Waals surface area contributed by atoms with Crippen molar-refractivity contribution in [2.24, 2.45) is 4.99 Å². The van der Waals surface area contributed by atoms with Gasteiger partial charge in [-0.25, -0.2) is 0 Å². The van der Waals surface area contributed by atoms with Gasteiger partial charge in [-0.2, -0.15) is 0 Å². The lowest BCUT2D eigenvalue weighted by atomic mass is 10.0. The fraction of sp³-hybridized carbons (Fsp3) is 0.889. The first kappa shape index (κ1) is 8.05.